The monoisotopic (exact) mass is 262 g/mol. The predicted octanol–water partition coefficient (Wildman–Crippen LogP) is 0.145. The predicted molar refractivity (Wildman–Crippen MR) is 74.2 cm³/mol. The van der Waals surface area contributed by atoms with E-state index in [1.54, 1.807) is 0 Å². The van der Waals surface area contributed by atoms with Crippen molar-refractivity contribution in [3.05, 3.63) is 24.0 Å². The highest BCUT2D eigenvalue weighted by Crippen LogP contribution is 2.14. The molecule has 0 aromatic carbocycles. The van der Waals surface area contributed by atoms with Crippen LogP contribution in [0.2, 0.25) is 0 Å². The summed E-state index contributed by atoms with van der Waals surface area (Å²) in [5, 5.41) is 3.41. The van der Waals surface area contributed by atoms with Crippen LogP contribution in [0.15, 0.2) is 18.3 Å². The van der Waals surface area contributed by atoms with Crippen LogP contribution in [0.25, 0.3) is 0 Å². The maximum absolute atomic E-state index is 12.4. The van der Waals surface area contributed by atoms with Crippen LogP contribution in [0.1, 0.15) is 16.9 Å². The fourth-order valence-electron chi connectivity index (χ4n) is 3.09. The van der Waals surface area contributed by atoms with Crippen molar-refractivity contribution >= 4 is 5.91 Å². The van der Waals surface area contributed by atoms with E-state index in [0.29, 0.717) is 6.04 Å². The van der Waals surface area contributed by atoms with Crippen molar-refractivity contribution in [1.29, 1.82) is 0 Å². The van der Waals surface area contributed by atoms with Gasteiger partial charge in [-0.15, -0.1) is 0 Å². The lowest BCUT2D eigenvalue weighted by molar-refractivity contribution is 0.0575. The van der Waals surface area contributed by atoms with Gasteiger partial charge in [0.15, 0.2) is 0 Å². The Morgan fingerprint density at radius 3 is 2.68 bits per heavy atom. The number of nitrogens with zero attached hydrogens (tertiary/aromatic N) is 3. The number of aryl methyl sites for hydroxylation is 1. The molecular weight excluding hydrogens is 240 g/mol. The van der Waals surface area contributed by atoms with Crippen LogP contribution in [0.5, 0.6) is 0 Å². The van der Waals surface area contributed by atoms with Gasteiger partial charge in [0.1, 0.15) is 5.69 Å². The minimum atomic E-state index is 0.164. The number of carbonyl (C=O) groups is 1. The maximum Gasteiger partial charge on any atom is 0.270 e. The maximum atomic E-state index is 12.4. The molecule has 19 heavy (non-hydrogen) atoms. The minimum Gasteiger partial charge on any atom is -0.347 e. The molecule has 5 heteroatoms. The fourth-order valence-corrected chi connectivity index (χ4v) is 3.09. The van der Waals surface area contributed by atoms with Crippen LogP contribution in [-0.2, 0) is 7.05 Å². The molecule has 1 N–H and O–H groups in total. The molecule has 1 atom stereocenters. The number of rotatable bonds is 2. The molecule has 5 nitrogen and oxygen atoms in total. The van der Waals surface area contributed by atoms with Gasteiger partial charge in [0.2, 0.25) is 0 Å². The highest BCUT2D eigenvalue weighted by atomic mass is 16.2. The van der Waals surface area contributed by atoms with Crippen molar-refractivity contribution in [2.24, 2.45) is 7.05 Å². The van der Waals surface area contributed by atoms with Crippen molar-refractivity contribution in [1.82, 2.24) is 19.7 Å². The first kappa shape index (κ1) is 12.7. The Morgan fingerprint density at radius 2 is 2.11 bits per heavy atom. The van der Waals surface area contributed by atoms with Crippen LogP contribution in [0.4, 0.5) is 0 Å². The van der Waals surface area contributed by atoms with Gasteiger partial charge in [0.05, 0.1) is 0 Å². The number of aromatic nitrogens is 1. The highest BCUT2D eigenvalue weighted by Gasteiger charge is 2.28. The number of hydrogen-bond donors (Lipinski definition) is 1. The van der Waals surface area contributed by atoms with Gasteiger partial charge in [-0.3, -0.25) is 9.69 Å². The lowest BCUT2D eigenvalue weighted by atomic mass is 10.2. The second-order valence-corrected chi connectivity index (χ2v) is 5.48. The molecule has 2 saturated heterocycles. The number of nitrogens with one attached hydrogen (secondary N) is 1. The Morgan fingerprint density at radius 1 is 1.32 bits per heavy atom. The van der Waals surface area contributed by atoms with Crippen molar-refractivity contribution in [2.75, 3.05) is 39.3 Å². The molecule has 1 unspecified atom stereocenters. The lowest BCUT2D eigenvalue weighted by Crippen LogP contribution is -2.52. The van der Waals surface area contributed by atoms with Crippen molar-refractivity contribution in [2.45, 2.75) is 12.5 Å². The van der Waals surface area contributed by atoms with E-state index < -0.39 is 0 Å². The van der Waals surface area contributed by atoms with Crippen LogP contribution in [0.3, 0.4) is 0 Å². The molecule has 1 amide bonds. The fraction of sp³-hybridized carbons (Fsp3) is 0.643. The first-order valence-electron chi connectivity index (χ1n) is 7.11. The second kappa shape index (κ2) is 5.35. The van der Waals surface area contributed by atoms with E-state index in [2.05, 4.69) is 10.2 Å². The zero-order chi connectivity index (χ0) is 13.2. The molecule has 0 aliphatic carbocycles. The second-order valence-electron chi connectivity index (χ2n) is 5.48. The summed E-state index contributed by atoms with van der Waals surface area (Å²) >= 11 is 0. The summed E-state index contributed by atoms with van der Waals surface area (Å²) in [5.74, 6) is 0.164. The third kappa shape index (κ3) is 2.53. The number of amides is 1. The Labute approximate surface area is 114 Å². The van der Waals surface area contributed by atoms with Gasteiger partial charge in [-0.1, -0.05) is 0 Å². The van der Waals surface area contributed by atoms with E-state index in [-0.39, 0.29) is 5.91 Å². The van der Waals surface area contributed by atoms with E-state index in [9.17, 15) is 4.79 Å². The van der Waals surface area contributed by atoms with Gasteiger partial charge < -0.3 is 14.8 Å². The SMILES string of the molecule is Cn1cccc1C(=O)N1CCN(C2CCNC2)CC1. The van der Waals surface area contributed by atoms with E-state index in [0.717, 1.165) is 45.0 Å². The summed E-state index contributed by atoms with van der Waals surface area (Å²) in [5.41, 5.74) is 0.788. The largest absolute Gasteiger partial charge is 0.347 e. The topological polar surface area (TPSA) is 40.5 Å². The van der Waals surface area contributed by atoms with E-state index in [1.807, 2.05) is 34.8 Å². The van der Waals surface area contributed by atoms with Crippen LogP contribution in [-0.4, -0.2) is 65.6 Å². The number of piperazine rings is 1. The quantitative estimate of drug-likeness (QED) is 0.824. The summed E-state index contributed by atoms with van der Waals surface area (Å²) in [6, 6.07) is 4.50. The molecule has 104 valence electrons. The molecule has 2 aliphatic rings. The molecule has 3 rings (SSSR count). The van der Waals surface area contributed by atoms with Gasteiger partial charge in [-0.25, -0.2) is 0 Å². The molecule has 0 radical (unpaired) electrons. The molecular formula is C14H22N4O. The van der Waals surface area contributed by atoms with Crippen molar-refractivity contribution < 1.29 is 4.79 Å². The molecule has 0 spiro atoms. The van der Waals surface area contributed by atoms with Gasteiger partial charge in [0, 0.05) is 52.0 Å². The summed E-state index contributed by atoms with van der Waals surface area (Å²) in [6.07, 6.45) is 3.17. The van der Waals surface area contributed by atoms with Gasteiger partial charge in [-0.05, 0) is 25.1 Å². The first-order chi connectivity index (χ1) is 9.25. The molecule has 2 fully saturated rings. The smallest absolute Gasteiger partial charge is 0.270 e. The Balaban J connectivity index is 1.58. The van der Waals surface area contributed by atoms with Gasteiger partial charge in [0.25, 0.3) is 5.91 Å². The standard InChI is InChI=1S/C14H22N4O/c1-16-6-2-3-13(16)14(19)18-9-7-17(8-10-18)12-4-5-15-11-12/h2-3,6,12,15H,4-5,7-11H2,1H3. The van der Waals surface area contributed by atoms with Crippen LogP contribution in [0, 0.1) is 0 Å². The van der Waals surface area contributed by atoms with Gasteiger partial charge in [-0.2, -0.15) is 0 Å². The molecule has 0 saturated carbocycles. The number of hydrogen-bond acceptors (Lipinski definition) is 3. The third-order valence-electron chi connectivity index (χ3n) is 4.32. The van der Waals surface area contributed by atoms with Crippen molar-refractivity contribution in [3.63, 3.8) is 0 Å². The summed E-state index contributed by atoms with van der Waals surface area (Å²) in [4.78, 5) is 16.9. The zero-order valence-electron chi connectivity index (χ0n) is 11.5. The van der Waals surface area contributed by atoms with E-state index in [4.69, 9.17) is 0 Å². The van der Waals surface area contributed by atoms with Crippen molar-refractivity contribution in [3.8, 4) is 0 Å². The molecule has 3 heterocycles. The highest BCUT2D eigenvalue weighted by molar-refractivity contribution is 5.92. The average Bonchev–Trinajstić information content (AvgIpc) is 3.09. The Hall–Kier alpha value is -1.33. The lowest BCUT2D eigenvalue weighted by Gasteiger charge is -2.37. The normalized spacial score (nSPS) is 24.9. The first-order valence-corrected chi connectivity index (χ1v) is 7.11. The summed E-state index contributed by atoms with van der Waals surface area (Å²) < 4.78 is 1.90. The summed E-state index contributed by atoms with van der Waals surface area (Å²) in [6.45, 7) is 5.94. The Bertz CT molecular complexity index is 442. The van der Waals surface area contributed by atoms with Crippen LogP contribution >= 0.6 is 0 Å². The van der Waals surface area contributed by atoms with E-state index >= 15 is 0 Å². The molecule has 2 aliphatic heterocycles. The number of carbonyl (C=O) groups excluding carboxylic acids is 1. The molecule has 0 bridgehead atoms. The molecule has 1 aromatic heterocycles. The molecule has 1 aromatic rings. The zero-order valence-corrected chi connectivity index (χ0v) is 11.5. The van der Waals surface area contributed by atoms with E-state index in [1.165, 1.54) is 6.42 Å². The van der Waals surface area contributed by atoms with Crippen LogP contribution < -0.4 is 5.32 Å². The third-order valence-corrected chi connectivity index (χ3v) is 4.32. The Kier molecular flexibility index (Phi) is 3.57. The average molecular weight is 262 g/mol. The minimum absolute atomic E-state index is 0.164. The van der Waals surface area contributed by atoms with Gasteiger partial charge >= 0.3 is 0 Å². The summed E-state index contributed by atoms with van der Waals surface area (Å²) in [7, 11) is 1.92.